The van der Waals surface area contributed by atoms with Gasteiger partial charge >= 0.3 is 0 Å². The van der Waals surface area contributed by atoms with Gasteiger partial charge in [0, 0.05) is 54.3 Å². The summed E-state index contributed by atoms with van der Waals surface area (Å²) in [6, 6.07) is 55.0. The maximum absolute atomic E-state index is 13.4. The molecule has 0 aliphatic heterocycles. The molecule has 0 heterocycles. The highest BCUT2D eigenvalue weighted by Gasteiger charge is 2.22. The predicted octanol–water partition coefficient (Wildman–Crippen LogP) is 18.5. The van der Waals surface area contributed by atoms with Crippen molar-refractivity contribution < 1.29 is 28.1 Å². The van der Waals surface area contributed by atoms with Crippen molar-refractivity contribution in [3.05, 3.63) is 246 Å². The Bertz CT molecular complexity index is 3600. The van der Waals surface area contributed by atoms with Crippen LogP contribution in [0.5, 0.6) is 17.2 Å². The van der Waals surface area contributed by atoms with Gasteiger partial charge in [-0.25, -0.2) is 12.8 Å². The van der Waals surface area contributed by atoms with Gasteiger partial charge in [-0.05, 0) is 140 Å². The van der Waals surface area contributed by atoms with Crippen LogP contribution in [0.25, 0.3) is 0 Å². The van der Waals surface area contributed by atoms with E-state index in [1.807, 2.05) is 42.5 Å². The van der Waals surface area contributed by atoms with Crippen molar-refractivity contribution in [2.75, 3.05) is 16.0 Å². The summed E-state index contributed by atoms with van der Waals surface area (Å²) in [6.07, 6.45) is 0. The van der Waals surface area contributed by atoms with E-state index < -0.39 is 21.4 Å². The Morgan fingerprint density at radius 2 is 0.909 bits per heavy atom. The van der Waals surface area contributed by atoms with Crippen LogP contribution in [0.2, 0.25) is 25.1 Å². The summed E-state index contributed by atoms with van der Waals surface area (Å²) in [5.74, 6) is -1.21. The molecule has 77 heavy (non-hydrogen) atoms. The Hall–Kier alpha value is -6.19. The molecule has 0 saturated heterocycles. The highest BCUT2D eigenvalue weighted by atomic mass is 35.5. The zero-order valence-corrected chi connectivity index (χ0v) is 47.8. The van der Waals surface area contributed by atoms with Gasteiger partial charge in [0.05, 0.1) is 36.9 Å². The maximum Gasteiger partial charge on any atom is 0.206 e. The van der Waals surface area contributed by atoms with Crippen molar-refractivity contribution in [3.8, 4) is 17.2 Å². The molecule has 0 spiro atoms. The summed E-state index contributed by atoms with van der Waals surface area (Å²) in [5, 5.41) is 41.6. The van der Waals surface area contributed by atoms with E-state index in [0.29, 0.717) is 56.2 Å². The monoisotopic (exact) mass is 1180 g/mol. The molecule has 0 atom stereocenters. The SMILES string of the molecule is Cc1c(Cl)cc(NCc2ccccc2Sc2ccccc2)c(O)c1Cl.Cc1ccc(Sc2ccccc2CNc2cc(Cl)c(C)c(Cl)c2O)cc1.O=S(=O)(c1ccc(Cl)cc1)c1ccccc1CNc1cccc(F)c1O. The van der Waals surface area contributed by atoms with E-state index in [1.54, 1.807) is 67.7 Å². The normalized spacial score (nSPS) is 10.9. The first kappa shape index (κ1) is 58.5. The standard InChI is InChI=1S/C21H19Cl2NOS.C20H17Cl2NOS.C19H15ClFNO3S/c1-13-7-9-16(10-8-13)26-19-6-4-3-5-15(19)12-24-18-11-17(22)14(2)20(23)21(18)25;1-13-16(21)11-17(20(24)19(13)22)23-12-14-7-5-6-10-18(14)25-15-8-3-2-4-9-15;20-14-8-10-15(11-9-14)26(24,25)18-7-2-1-4-13(18)12-22-17-6-3-5-16(21)19(17)23/h3-11,24-25H,12H2,1-2H3;2-11,23-24H,12H2,1H3;1-11,22-23H,12H2. The van der Waals surface area contributed by atoms with E-state index in [0.717, 1.165) is 27.0 Å². The molecule has 8 nitrogen and oxygen atoms in total. The Morgan fingerprint density at radius 1 is 0.468 bits per heavy atom. The molecule has 0 aliphatic carbocycles. The fourth-order valence-electron chi connectivity index (χ4n) is 7.41. The van der Waals surface area contributed by atoms with Crippen molar-refractivity contribution in [2.24, 2.45) is 0 Å². The van der Waals surface area contributed by atoms with Gasteiger partial charge in [0.15, 0.2) is 23.1 Å². The third kappa shape index (κ3) is 15.5. The zero-order valence-electron chi connectivity index (χ0n) is 41.6. The van der Waals surface area contributed by atoms with Crippen molar-refractivity contribution in [3.63, 3.8) is 0 Å². The highest BCUT2D eigenvalue weighted by Crippen LogP contribution is 2.41. The fraction of sp³-hybridized carbons (Fsp3) is 0.100. The molecule has 9 aromatic carbocycles. The molecular formula is C60H51Cl5FN3O5S3. The molecule has 0 unspecified atom stereocenters. The van der Waals surface area contributed by atoms with Gasteiger partial charge in [-0.3, -0.25) is 0 Å². The van der Waals surface area contributed by atoms with E-state index >= 15 is 0 Å². The molecule has 0 bridgehead atoms. The summed E-state index contributed by atoms with van der Waals surface area (Å²) in [4.78, 5) is 4.94. The second-order valence-electron chi connectivity index (χ2n) is 17.2. The van der Waals surface area contributed by atoms with Gasteiger partial charge in [0.2, 0.25) is 9.84 Å². The first-order valence-electron chi connectivity index (χ1n) is 23.7. The van der Waals surface area contributed by atoms with Crippen LogP contribution in [0.4, 0.5) is 21.5 Å². The number of phenols is 3. The average molecular weight is 1190 g/mol. The van der Waals surface area contributed by atoms with Gasteiger partial charge < -0.3 is 31.3 Å². The molecule has 17 heteroatoms. The molecule has 0 amide bonds. The van der Waals surface area contributed by atoms with Crippen LogP contribution in [-0.4, -0.2) is 23.7 Å². The van der Waals surface area contributed by atoms with Crippen molar-refractivity contribution >= 4 is 108 Å². The van der Waals surface area contributed by atoms with Gasteiger partial charge in [-0.15, -0.1) is 0 Å². The molecular weight excluding hydrogens is 1140 g/mol. The number of phenolic OH excluding ortho intramolecular Hbond substituents is 3. The van der Waals surface area contributed by atoms with Gasteiger partial charge in [0.1, 0.15) is 0 Å². The zero-order chi connectivity index (χ0) is 55.2. The van der Waals surface area contributed by atoms with Crippen LogP contribution in [0.3, 0.4) is 0 Å². The van der Waals surface area contributed by atoms with Gasteiger partial charge in [-0.1, -0.05) is 178 Å². The van der Waals surface area contributed by atoms with E-state index in [9.17, 15) is 28.1 Å². The largest absolute Gasteiger partial charge is 0.504 e. The number of sulfone groups is 1. The molecule has 9 aromatic rings. The number of rotatable bonds is 15. The first-order chi connectivity index (χ1) is 36.9. The number of benzene rings is 9. The summed E-state index contributed by atoms with van der Waals surface area (Å²) in [5.41, 5.74) is 6.58. The molecule has 0 aliphatic rings. The molecule has 0 radical (unpaired) electrons. The van der Waals surface area contributed by atoms with Crippen LogP contribution in [0.1, 0.15) is 33.4 Å². The lowest BCUT2D eigenvalue weighted by molar-refractivity contribution is 0.434. The van der Waals surface area contributed by atoms with Crippen LogP contribution >= 0.6 is 81.5 Å². The van der Waals surface area contributed by atoms with Crippen LogP contribution in [0.15, 0.2) is 211 Å². The lowest BCUT2D eigenvalue weighted by Gasteiger charge is -2.14. The summed E-state index contributed by atoms with van der Waals surface area (Å²) >= 11 is 33.9. The topological polar surface area (TPSA) is 131 Å². The number of para-hydroxylation sites is 1. The Morgan fingerprint density at radius 3 is 1.44 bits per heavy atom. The molecule has 0 fully saturated rings. The average Bonchev–Trinajstić information content (AvgIpc) is 3.43. The summed E-state index contributed by atoms with van der Waals surface area (Å²) in [6.45, 7) is 6.84. The van der Waals surface area contributed by atoms with E-state index in [4.69, 9.17) is 58.0 Å². The van der Waals surface area contributed by atoms with Gasteiger partial charge in [-0.2, -0.15) is 0 Å². The second kappa shape index (κ2) is 27.4. The molecule has 396 valence electrons. The Balaban J connectivity index is 0.000000168. The van der Waals surface area contributed by atoms with Crippen LogP contribution in [0, 0.1) is 26.6 Å². The lowest BCUT2D eigenvalue weighted by Crippen LogP contribution is -2.09. The summed E-state index contributed by atoms with van der Waals surface area (Å²) < 4.78 is 39.3. The minimum atomic E-state index is -3.74. The van der Waals surface area contributed by atoms with E-state index in [2.05, 4.69) is 83.5 Å². The van der Waals surface area contributed by atoms with E-state index in [1.165, 1.54) is 57.8 Å². The molecule has 6 N–H and O–H groups in total. The second-order valence-corrected chi connectivity index (χ2v) is 23.4. The predicted molar refractivity (Wildman–Crippen MR) is 318 cm³/mol. The number of aryl methyl sites for hydroxylation is 1. The Labute approximate surface area is 482 Å². The number of halogens is 6. The first-order valence-corrected chi connectivity index (χ1v) is 28.7. The van der Waals surface area contributed by atoms with Crippen molar-refractivity contribution in [1.29, 1.82) is 0 Å². The fourth-order valence-corrected chi connectivity index (χ4v) is 11.8. The Kier molecular flexibility index (Phi) is 20.8. The van der Waals surface area contributed by atoms with Crippen molar-refractivity contribution in [2.45, 2.75) is 69.8 Å². The minimum Gasteiger partial charge on any atom is -0.504 e. The van der Waals surface area contributed by atoms with Gasteiger partial charge in [0.25, 0.3) is 0 Å². The number of nitrogens with one attached hydrogen (secondary N) is 3. The molecule has 0 aromatic heterocycles. The lowest BCUT2D eigenvalue weighted by atomic mass is 10.2. The third-order valence-electron chi connectivity index (χ3n) is 11.8. The maximum atomic E-state index is 13.4. The van der Waals surface area contributed by atoms with Crippen molar-refractivity contribution in [1.82, 2.24) is 0 Å². The highest BCUT2D eigenvalue weighted by molar-refractivity contribution is 7.99. The number of hydrogen-bond acceptors (Lipinski definition) is 10. The number of aromatic hydroxyl groups is 3. The van der Waals surface area contributed by atoms with E-state index in [-0.39, 0.29) is 43.6 Å². The molecule has 0 saturated carbocycles. The molecule has 9 rings (SSSR count). The number of hydrogen-bond donors (Lipinski definition) is 6. The number of anilines is 3. The van der Waals surface area contributed by atoms with Crippen LogP contribution < -0.4 is 16.0 Å². The van der Waals surface area contributed by atoms with Crippen LogP contribution in [-0.2, 0) is 29.5 Å². The quantitative estimate of drug-likeness (QED) is 0.0552. The summed E-state index contributed by atoms with van der Waals surface area (Å²) in [7, 11) is -3.74. The minimum absolute atomic E-state index is 0.0248. The third-order valence-corrected chi connectivity index (χ3v) is 17.9. The smallest absolute Gasteiger partial charge is 0.206 e.